The third kappa shape index (κ3) is 2.90. The number of para-hydroxylation sites is 1. The second-order valence-corrected chi connectivity index (χ2v) is 5.43. The van der Waals surface area contributed by atoms with Gasteiger partial charge in [-0.1, -0.05) is 12.1 Å². The molecule has 6 heteroatoms. The van der Waals surface area contributed by atoms with Crippen molar-refractivity contribution in [2.75, 3.05) is 12.5 Å². The maximum absolute atomic E-state index is 9.29. The number of nitriles is 1. The van der Waals surface area contributed by atoms with Crippen LogP contribution >= 0.6 is 11.3 Å². The minimum atomic E-state index is 0.261. The van der Waals surface area contributed by atoms with Crippen LogP contribution in [0.5, 0.6) is 5.75 Å². The molecule has 1 aromatic heterocycles. The molecule has 0 fully saturated rings. The molecule has 3 rings (SSSR count). The average Bonchev–Trinajstić information content (AvgIpc) is 3.00. The monoisotopic (exact) mass is 308 g/mol. The van der Waals surface area contributed by atoms with Gasteiger partial charge in [-0.3, -0.25) is 5.43 Å². The maximum atomic E-state index is 9.29. The van der Waals surface area contributed by atoms with Crippen molar-refractivity contribution in [3.8, 4) is 11.8 Å². The summed E-state index contributed by atoms with van der Waals surface area (Å²) >= 11 is 1.45. The second kappa shape index (κ2) is 6.24. The summed E-state index contributed by atoms with van der Waals surface area (Å²) in [5.74, 6) is 0.765. The van der Waals surface area contributed by atoms with Gasteiger partial charge in [0, 0.05) is 0 Å². The summed E-state index contributed by atoms with van der Waals surface area (Å²) in [5.41, 5.74) is 4.77. The number of rotatable bonds is 4. The van der Waals surface area contributed by atoms with Crippen LogP contribution in [0, 0.1) is 11.3 Å². The van der Waals surface area contributed by atoms with E-state index < -0.39 is 0 Å². The molecule has 0 aliphatic carbocycles. The number of nitrogens with zero attached hydrogens (tertiary/aromatic N) is 3. The molecule has 0 amide bonds. The van der Waals surface area contributed by atoms with Gasteiger partial charge in [-0.05, 0) is 36.4 Å². The number of thiazole rings is 1. The number of nitrogens with one attached hydrogen (secondary N) is 1. The molecule has 0 spiro atoms. The minimum Gasteiger partial charge on any atom is -0.497 e. The molecule has 0 bridgehead atoms. The predicted molar refractivity (Wildman–Crippen MR) is 88.4 cm³/mol. The van der Waals surface area contributed by atoms with Crippen LogP contribution in [0.1, 0.15) is 5.01 Å². The van der Waals surface area contributed by atoms with Gasteiger partial charge in [0.05, 0.1) is 23.0 Å². The van der Waals surface area contributed by atoms with Crippen molar-refractivity contribution in [3.63, 3.8) is 0 Å². The van der Waals surface area contributed by atoms with E-state index in [0.717, 1.165) is 21.7 Å². The van der Waals surface area contributed by atoms with E-state index in [1.807, 2.05) is 48.5 Å². The van der Waals surface area contributed by atoms with Gasteiger partial charge in [0.2, 0.25) is 0 Å². The molecule has 0 saturated heterocycles. The van der Waals surface area contributed by atoms with Gasteiger partial charge in [-0.2, -0.15) is 10.4 Å². The first-order valence-electron chi connectivity index (χ1n) is 6.54. The number of aromatic nitrogens is 1. The van der Waals surface area contributed by atoms with E-state index >= 15 is 0 Å². The second-order valence-electron chi connectivity index (χ2n) is 4.40. The summed E-state index contributed by atoms with van der Waals surface area (Å²) in [7, 11) is 1.61. The molecule has 0 unspecified atom stereocenters. The molecule has 0 aliphatic rings. The molecule has 0 atom stereocenters. The Labute approximate surface area is 131 Å². The lowest BCUT2D eigenvalue weighted by Crippen LogP contribution is -2.01. The molecule has 1 heterocycles. The molecule has 3 aromatic rings. The highest BCUT2D eigenvalue weighted by atomic mass is 32.1. The van der Waals surface area contributed by atoms with Crippen molar-refractivity contribution in [3.05, 3.63) is 53.5 Å². The Kier molecular flexibility index (Phi) is 3.99. The fourth-order valence-electron chi connectivity index (χ4n) is 1.88. The average molecular weight is 308 g/mol. The smallest absolute Gasteiger partial charge is 0.196 e. The van der Waals surface area contributed by atoms with Crippen LogP contribution in [0.15, 0.2) is 53.6 Å². The van der Waals surface area contributed by atoms with Crippen molar-refractivity contribution in [1.29, 1.82) is 5.26 Å². The topological polar surface area (TPSA) is 70.3 Å². The zero-order valence-electron chi connectivity index (χ0n) is 11.8. The maximum Gasteiger partial charge on any atom is 0.196 e. The Morgan fingerprint density at radius 1 is 1.23 bits per heavy atom. The van der Waals surface area contributed by atoms with Crippen molar-refractivity contribution in [1.82, 2.24) is 4.98 Å². The number of fused-ring (bicyclic) bond motifs is 1. The number of anilines is 1. The van der Waals surface area contributed by atoms with Crippen LogP contribution in [-0.2, 0) is 0 Å². The fourth-order valence-corrected chi connectivity index (χ4v) is 2.79. The third-order valence-corrected chi connectivity index (χ3v) is 4.03. The fraction of sp³-hybridized carbons (Fsp3) is 0.0625. The first-order chi connectivity index (χ1) is 10.8. The van der Waals surface area contributed by atoms with Crippen LogP contribution in [0.25, 0.3) is 10.2 Å². The molecule has 0 saturated carbocycles. The highest BCUT2D eigenvalue weighted by Gasteiger charge is 2.09. The highest BCUT2D eigenvalue weighted by molar-refractivity contribution is 7.20. The van der Waals surface area contributed by atoms with Gasteiger partial charge in [0.15, 0.2) is 10.7 Å². The number of ether oxygens (including phenoxy) is 1. The third-order valence-electron chi connectivity index (χ3n) is 2.99. The van der Waals surface area contributed by atoms with E-state index in [2.05, 4.69) is 21.6 Å². The number of hydrogen-bond donors (Lipinski definition) is 1. The molecule has 0 aliphatic heterocycles. The summed E-state index contributed by atoms with van der Waals surface area (Å²) in [6.07, 6.45) is 0. The van der Waals surface area contributed by atoms with Gasteiger partial charge in [-0.25, -0.2) is 4.98 Å². The Balaban J connectivity index is 1.84. The van der Waals surface area contributed by atoms with Gasteiger partial charge in [-0.15, -0.1) is 11.3 Å². The number of benzene rings is 2. The lowest BCUT2D eigenvalue weighted by molar-refractivity contribution is 0.415. The standard InChI is InChI=1S/C16H12N4OS/c1-21-12-8-6-11(7-9-12)19-20-14(10-17)16-18-13-4-2-3-5-15(13)22-16/h2-9,19H,1H3. The van der Waals surface area contributed by atoms with Gasteiger partial charge < -0.3 is 4.74 Å². The zero-order valence-corrected chi connectivity index (χ0v) is 12.6. The zero-order chi connectivity index (χ0) is 15.4. The van der Waals surface area contributed by atoms with Gasteiger partial charge in [0.25, 0.3) is 0 Å². The molecule has 5 nitrogen and oxygen atoms in total. The number of methoxy groups -OCH3 is 1. The molecular formula is C16H12N4OS. The lowest BCUT2D eigenvalue weighted by Gasteiger charge is -2.02. The quantitative estimate of drug-likeness (QED) is 0.590. The summed E-state index contributed by atoms with van der Waals surface area (Å²) < 4.78 is 6.13. The van der Waals surface area contributed by atoms with Crippen LogP contribution in [0.2, 0.25) is 0 Å². The Hall–Kier alpha value is -2.91. The van der Waals surface area contributed by atoms with E-state index in [9.17, 15) is 5.26 Å². The van der Waals surface area contributed by atoms with E-state index in [0.29, 0.717) is 5.01 Å². The SMILES string of the molecule is COc1ccc(NN=C(C#N)c2nc3ccccc3s2)cc1. The largest absolute Gasteiger partial charge is 0.497 e. The summed E-state index contributed by atoms with van der Waals surface area (Å²) in [6, 6.07) is 17.1. The molecular weight excluding hydrogens is 296 g/mol. The highest BCUT2D eigenvalue weighted by Crippen LogP contribution is 2.22. The molecule has 2 aromatic carbocycles. The first-order valence-corrected chi connectivity index (χ1v) is 7.35. The molecule has 22 heavy (non-hydrogen) atoms. The van der Waals surface area contributed by atoms with Gasteiger partial charge in [0.1, 0.15) is 11.8 Å². The van der Waals surface area contributed by atoms with Crippen LogP contribution in [0.3, 0.4) is 0 Å². The van der Waals surface area contributed by atoms with Crippen molar-refractivity contribution < 1.29 is 4.74 Å². The summed E-state index contributed by atoms with van der Waals surface area (Å²) in [5, 5.41) is 14.0. The Bertz CT molecular complexity index is 829. The van der Waals surface area contributed by atoms with E-state index in [1.54, 1.807) is 7.11 Å². The van der Waals surface area contributed by atoms with Crippen molar-refractivity contribution >= 4 is 33.0 Å². The Morgan fingerprint density at radius 3 is 2.68 bits per heavy atom. The predicted octanol–water partition coefficient (Wildman–Crippen LogP) is 3.64. The van der Waals surface area contributed by atoms with Gasteiger partial charge >= 0.3 is 0 Å². The first kappa shape index (κ1) is 14.0. The summed E-state index contributed by atoms with van der Waals surface area (Å²) in [4.78, 5) is 4.43. The molecule has 0 radical (unpaired) electrons. The van der Waals surface area contributed by atoms with E-state index in [-0.39, 0.29) is 5.71 Å². The van der Waals surface area contributed by atoms with E-state index in [4.69, 9.17) is 4.74 Å². The molecule has 1 N–H and O–H groups in total. The summed E-state index contributed by atoms with van der Waals surface area (Å²) in [6.45, 7) is 0. The lowest BCUT2D eigenvalue weighted by atomic mass is 10.3. The Morgan fingerprint density at radius 2 is 2.00 bits per heavy atom. The van der Waals surface area contributed by atoms with Crippen LogP contribution < -0.4 is 10.2 Å². The van der Waals surface area contributed by atoms with Crippen LogP contribution in [-0.4, -0.2) is 17.8 Å². The molecule has 108 valence electrons. The van der Waals surface area contributed by atoms with Crippen LogP contribution in [0.4, 0.5) is 5.69 Å². The van der Waals surface area contributed by atoms with Crippen molar-refractivity contribution in [2.45, 2.75) is 0 Å². The van der Waals surface area contributed by atoms with E-state index in [1.165, 1.54) is 11.3 Å². The number of hydrazone groups is 1. The minimum absolute atomic E-state index is 0.261. The number of hydrogen-bond acceptors (Lipinski definition) is 6. The van der Waals surface area contributed by atoms with Crippen molar-refractivity contribution in [2.24, 2.45) is 5.10 Å². The normalized spacial score (nSPS) is 11.2.